The van der Waals surface area contributed by atoms with E-state index < -0.39 is 0 Å². The highest BCUT2D eigenvalue weighted by atomic mass is 127. The van der Waals surface area contributed by atoms with Crippen molar-refractivity contribution in [3.8, 4) is 0 Å². The van der Waals surface area contributed by atoms with Gasteiger partial charge in [0.05, 0.1) is 10.8 Å². The Kier molecular flexibility index (Phi) is 2.39. The normalized spacial score (nSPS) is 45.8. The van der Waals surface area contributed by atoms with Gasteiger partial charge in [-0.1, -0.05) is 22.6 Å². The fraction of sp³-hybridized carbons (Fsp3) is 0.900. The van der Waals surface area contributed by atoms with Gasteiger partial charge in [-0.2, -0.15) is 0 Å². The first-order valence-electron chi connectivity index (χ1n) is 4.92. The average molecular weight is 325 g/mol. The largest absolute Gasteiger partial charge is 0.325 e. The van der Waals surface area contributed by atoms with Crippen molar-refractivity contribution < 1.29 is 4.79 Å². The first kappa shape index (κ1) is 11.0. The van der Waals surface area contributed by atoms with Gasteiger partial charge in [0.15, 0.2) is 0 Å². The van der Waals surface area contributed by atoms with Crippen LogP contribution in [0.5, 0.6) is 0 Å². The van der Waals surface area contributed by atoms with Crippen LogP contribution >= 0.6 is 34.4 Å². The van der Waals surface area contributed by atoms with Crippen LogP contribution in [0.15, 0.2) is 0 Å². The molecule has 0 bridgehead atoms. The van der Waals surface area contributed by atoms with Crippen LogP contribution in [0.3, 0.4) is 0 Å². The van der Waals surface area contributed by atoms with Crippen molar-refractivity contribution in [2.45, 2.75) is 42.5 Å². The van der Waals surface area contributed by atoms with E-state index in [1.807, 2.05) is 11.8 Å². The number of nitrogens with zero attached hydrogens (tertiary/aromatic N) is 1. The van der Waals surface area contributed by atoms with Crippen LogP contribution in [0.1, 0.15) is 27.7 Å². The van der Waals surface area contributed by atoms with Crippen molar-refractivity contribution in [2.24, 2.45) is 5.41 Å². The van der Waals surface area contributed by atoms with Crippen molar-refractivity contribution in [3.05, 3.63) is 0 Å². The molecule has 14 heavy (non-hydrogen) atoms. The van der Waals surface area contributed by atoms with Crippen molar-refractivity contribution in [1.82, 2.24) is 4.90 Å². The molecule has 0 aromatic rings. The van der Waals surface area contributed by atoms with E-state index >= 15 is 0 Å². The van der Waals surface area contributed by atoms with Crippen molar-refractivity contribution in [3.63, 3.8) is 0 Å². The third-order valence-electron chi connectivity index (χ3n) is 3.47. The summed E-state index contributed by atoms with van der Waals surface area (Å²) in [7, 11) is 0. The van der Waals surface area contributed by atoms with Gasteiger partial charge in [-0.15, -0.1) is 11.8 Å². The quantitative estimate of drug-likeness (QED) is 0.387. The maximum atomic E-state index is 11.9. The molecule has 2 unspecified atom stereocenters. The van der Waals surface area contributed by atoms with E-state index in [1.54, 1.807) is 0 Å². The molecular weight excluding hydrogens is 309 g/mol. The van der Waals surface area contributed by atoms with E-state index in [0.29, 0.717) is 17.3 Å². The van der Waals surface area contributed by atoms with Gasteiger partial charge in [0, 0.05) is 15.2 Å². The smallest absolute Gasteiger partial charge is 0.232 e. The predicted octanol–water partition coefficient (Wildman–Crippen LogP) is 2.51. The highest BCUT2D eigenvalue weighted by Gasteiger charge is 2.60. The summed E-state index contributed by atoms with van der Waals surface area (Å²) in [4.78, 5) is 14.0. The van der Waals surface area contributed by atoms with Crippen LogP contribution in [0, 0.1) is 5.41 Å². The van der Waals surface area contributed by atoms with Crippen molar-refractivity contribution >= 4 is 40.3 Å². The summed E-state index contributed by atoms with van der Waals surface area (Å²) in [6.07, 6.45) is 0. The number of carbonyl (C=O) groups excluding carboxylic acids is 1. The van der Waals surface area contributed by atoms with Crippen LogP contribution in [-0.4, -0.2) is 31.4 Å². The molecule has 4 heteroatoms. The number of hydrogen-bond acceptors (Lipinski definition) is 2. The average Bonchev–Trinajstić information content (AvgIpc) is 2.08. The number of halogens is 1. The van der Waals surface area contributed by atoms with E-state index in [0.717, 1.165) is 5.75 Å². The van der Waals surface area contributed by atoms with Gasteiger partial charge in [0.25, 0.3) is 0 Å². The molecule has 1 amide bonds. The van der Waals surface area contributed by atoms with Crippen LogP contribution in [0.2, 0.25) is 0 Å². The summed E-state index contributed by atoms with van der Waals surface area (Å²) in [6, 6.07) is 0.370. The molecule has 2 nitrogen and oxygen atoms in total. The third-order valence-corrected chi connectivity index (χ3v) is 7.17. The molecule has 2 aliphatic rings. The lowest BCUT2D eigenvalue weighted by Crippen LogP contribution is -2.73. The van der Waals surface area contributed by atoms with E-state index in [1.165, 1.54) is 0 Å². The van der Waals surface area contributed by atoms with Gasteiger partial charge in [-0.3, -0.25) is 4.79 Å². The fourth-order valence-corrected chi connectivity index (χ4v) is 4.67. The maximum Gasteiger partial charge on any atom is 0.232 e. The topological polar surface area (TPSA) is 20.3 Å². The minimum absolute atomic E-state index is 0.133. The van der Waals surface area contributed by atoms with Gasteiger partial charge in [-0.25, -0.2) is 0 Å². The van der Waals surface area contributed by atoms with Gasteiger partial charge in [-0.05, 0) is 27.7 Å². The zero-order valence-corrected chi connectivity index (χ0v) is 12.0. The second kappa shape index (κ2) is 3.03. The number of hydrogen-bond donors (Lipinski definition) is 0. The molecule has 0 aromatic carbocycles. The first-order chi connectivity index (χ1) is 6.28. The van der Waals surface area contributed by atoms with E-state index in [9.17, 15) is 4.79 Å². The third kappa shape index (κ3) is 1.25. The number of thioether (sulfide) groups is 1. The maximum absolute atomic E-state index is 11.9. The second-order valence-corrected chi connectivity index (χ2v) is 8.58. The summed E-state index contributed by atoms with van der Waals surface area (Å²) in [5.41, 5.74) is -0.133. The Hall–Kier alpha value is 0.550. The highest BCUT2D eigenvalue weighted by Crippen LogP contribution is 2.53. The molecule has 0 saturated carbocycles. The minimum Gasteiger partial charge on any atom is -0.325 e. The van der Waals surface area contributed by atoms with E-state index in [2.05, 4.69) is 55.2 Å². The molecule has 0 aliphatic carbocycles. The van der Waals surface area contributed by atoms with E-state index in [4.69, 9.17) is 0 Å². The SMILES string of the molecule is C[C@@H]1N2C(=O)C(C)(C)C2SCC1(C)I. The number of rotatable bonds is 0. The Morgan fingerprint density at radius 3 is 2.64 bits per heavy atom. The summed E-state index contributed by atoms with van der Waals surface area (Å²) in [5, 5.41) is 0.410. The van der Waals surface area contributed by atoms with Gasteiger partial charge < -0.3 is 4.90 Å². The monoisotopic (exact) mass is 325 g/mol. The summed E-state index contributed by atoms with van der Waals surface area (Å²) < 4.78 is 0.227. The van der Waals surface area contributed by atoms with E-state index in [-0.39, 0.29) is 8.84 Å². The molecule has 2 rings (SSSR count). The molecule has 2 saturated heterocycles. The molecule has 2 aliphatic heterocycles. The molecule has 0 spiro atoms. The van der Waals surface area contributed by atoms with Gasteiger partial charge in [0.1, 0.15) is 0 Å². The number of carbonyl (C=O) groups is 1. The summed E-state index contributed by atoms with van der Waals surface area (Å²) in [6.45, 7) is 8.53. The fourth-order valence-electron chi connectivity index (χ4n) is 2.15. The number of alkyl halides is 1. The molecule has 2 heterocycles. The van der Waals surface area contributed by atoms with Crippen LogP contribution in [0.4, 0.5) is 0 Å². The molecule has 0 N–H and O–H groups in total. The Labute approximate surface area is 103 Å². The first-order valence-corrected chi connectivity index (χ1v) is 7.04. The second-order valence-electron chi connectivity index (χ2n) is 5.05. The lowest BCUT2D eigenvalue weighted by Gasteiger charge is -2.61. The molecule has 2 fully saturated rings. The number of β-lactam (4-membered cyclic amide) rings is 1. The van der Waals surface area contributed by atoms with Crippen LogP contribution < -0.4 is 0 Å². The van der Waals surface area contributed by atoms with Crippen LogP contribution in [0.25, 0.3) is 0 Å². The lowest BCUT2D eigenvalue weighted by atomic mass is 9.80. The highest BCUT2D eigenvalue weighted by molar-refractivity contribution is 14.1. The van der Waals surface area contributed by atoms with Crippen molar-refractivity contribution in [1.29, 1.82) is 0 Å². The standard InChI is InChI=1S/C10H16INOS/c1-6-10(4,11)5-14-8-9(2,3)7(13)12(6)8/h6,8H,5H2,1-4H3/t6-,8?,10?/m0/s1. The lowest BCUT2D eigenvalue weighted by molar-refractivity contribution is -0.165. The zero-order valence-electron chi connectivity index (χ0n) is 9.00. The van der Waals surface area contributed by atoms with Gasteiger partial charge in [0.2, 0.25) is 5.91 Å². The molecule has 0 aromatic heterocycles. The van der Waals surface area contributed by atoms with Crippen LogP contribution in [-0.2, 0) is 4.79 Å². The Balaban J connectivity index is 2.24. The Bertz CT molecular complexity index is 288. The number of fused-ring (bicyclic) bond motifs is 1. The number of amides is 1. The predicted molar refractivity (Wildman–Crippen MR) is 68.8 cm³/mol. The minimum atomic E-state index is -0.133. The summed E-state index contributed by atoms with van der Waals surface area (Å²) >= 11 is 4.42. The molecule has 0 radical (unpaired) electrons. The Morgan fingerprint density at radius 2 is 2.07 bits per heavy atom. The molecular formula is C10H16INOS. The Morgan fingerprint density at radius 1 is 1.50 bits per heavy atom. The van der Waals surface area contributed by atoms with Gasteiger partial charge >= 0.3 is 0 Å². The van der Waals surface area contributed by atoms with Crippen molar-refractivity contribution in [2.75, 3.05) is 5.75 Å². The molecule has 3 atom stereocenters. The molecule has 80 valence electrons. The zero-order chi connectivity index (χ0) is 10.7. The summed E-state index contributed by atoms with van der Waals surface area (Å²) in [5.74, 6) is 1.47.